The third-order valence-corrected chi connectivity index (χ3v) is 2.86. The molecule has 2 N–H and O–H groups in total. The molecule has 0 amide bonds. The van der Waals surface area contributed by atoms with Crippen molar-refractivity contribution < 1.29 is 10.2 Å². The van der Waals surface area contributed by atoms with Crippen LogP contribution in [0.15, 0.2) is 0 Å². The third kappa shape index (κ3) is 12.6. The molecular formula is C10H21IO2. The van der Waals surface area contributed by atoms with Crippen LogP contribution in [-0.2, 0) is 0 Å². The molecule has 2 nitrogen and oxygen atoms in total. The van der Waals surface area contributed by atoms with Gasteiger partial charge in [0.25, 0.3) is 0 Å². The molecule has 0 radical (unpaired) electrons. The highest BCUT2D eigenvalue weighted by atomic mass is 127. The monoisotopic (exact) mass is 300 g/mol. The van der Waals surface area contributed by atoms with Crippen molar-refractivity contribution in [3.05, 3.63) is 0 Å². The van der Waals surface area contributed by atoms with Gasteiger partial charge < -0.3 is 10.2 Å². The summed E-state index contributed by atoms with van der Waals surface area (Å²) in [6, 6.07) is 0. The van der Waals surface area contributed by atoms with Gasteiger partial charge in [0.15, 0.2) is 6.29 Å². The van der Waals surface area contributed by atoms with Crippen molar-refractivity contribution in [1.29, 1.82) is 0 Å². The standard InChI is InChI=1S/C10H21IO2/c11-9-7-5-3-1-2-4-6-8-10(12)13/h10,12-13H,1-9H2. The number of rotatable bonds is 9. The van der Waals surface area contributed by atoms with E-state index in [2.05, 4.69) is 22.6 Å². The van der Waals surface area contributed by atoms with Crippen LogP contribution in [-0.4, -0.2) is 20.9 Å². The third-order valence-electron chi connectivity index (χ3n) is 2.10. The smallest absolute Gasteiger partial charge is 0.151 e. The van der Waals surface area contributed by atoms with Crippen LogP contribution in [0.1, 0.15) is 51.4 Å². The summed E-state index contributed by atoms with van der Waals surface area (Å²) in [4.78, 5) is 0. The molecule has 0 unspecified atom stereocenters. The maximum absolute atomic E-state index is 8.58. The fourth-order valence-electron chi connectivity index (χ4n) is 1.31. The Morgan fingerprint density at radius 3 is 1.69 bits per heavy atom. The molecule has 0 atom stereocenters. The number of aliphatic hydroxyl groups is 2. The number of aliphatic hydroxyl groups excluding tert-OH is 1. The van der Waals surface area contributed by atoms with E-state index in [0.29, 0.717) is 6.42 Å². The van der Waals surface area contributed by atoms with Crippen LogP contribution in [0.25, 0.3) is 0 Å². The first kappa shape index (κ1) is 13.7. The zero-order valence-electron chi connectivity index (χ0n) is 8.21. The molecular weight excluding hydrogens is 279 g/mol. The first-order valence-electron chi connectivity index (χ1n) is 5.19. The Bertz CT molecular complexity index is 96.9. The first-order chi connectivity index (χ1) is 6.27. The van der Waals surface area contributed by atoms with E-state index in [1.807, 2.05) is 0 Å². The molecule has 0 heterocycles. The summed E-state index contributed by atoms with van der Waals surface area (Å²) < 4.78 is 1.27. The second-order valence-electron chi connectivity index (χ2n) is 3.43. The molecule has 0 aromatic rings. The lowest BCUT2D eigenvalue weighted by atomic mass is 10.1. The van der Waals surface area contributed by atoms with Crippen molar-refractivity contribution in [3.8, 4) is 0 Å². The van der Waals surface area contributed by atoms with E-state index in [-0.39, 0.29) is 0 Å². The maximum atomic E-state index is 8.58. The minimum absolute atomic E-state index is 0.535. The van der Waals surface area contributed by atoms with Crippen molar-refractivity contribution in [1.82, 2.24) is 0 Å². The molecule has 0 rings (SSSR count). The Morgan fingerprint density at radius 2 is 1.23 bits per heavy atom. The highest BCUT2D eigenvalue weighted by molar-refractivity contribution is 14.1. The van der Waals surface area contributed by atoms with Crippen LogP contribution in [0.2, 0.25) is 0 Å². The molecule has 0 bridgehead atoms. The molecule has 0 aromatic carbocycles. The Balaban J connectivity index is 2.84. The van der Waals surface area contributed by atoms with Gasteiger partial charge in [-0.1, -0.05) is 54.7 Å². The largest absolute Gasteiger partial charge is 0.368 e. The molecule has 3 heteroatoms. The summed E-state index contributed by atoms with van der Waals surface area (Å²) in [6.07, 6.45) is 8.11. The van der Waals surface area contributed by atoms with E-state index < -0.39 is 6.29 Å². The van der Waals surface area contributed by atoms with Gasteiger partial charge in [0.1, 0.15) is 0 Å². The molecule has 0 fully saturated rings. The Labute approximate surface area is 94.9 Å². The van der Waals surface area contributed by atoms with Gasteiger partial charge in [-0.2, -0.15) is 0 Å². The van der Waals surface area contributed by atoms with E-state index in [1.165, 1.54) is 36.5 Å². The Kier molecular flexibility index (Phi) is 11.3. The van der Waals surface area contributed by atoms with Crippen LogP contribution in [0.4, 0.5) is 0 Å². The lowest BCUT2D eigenvalue weighted by Crippen LogP contribution is -2.02. The molecule has 0 aromatic heterocycles. The average Bonchev–Trinajstić information content (AvgIpc) is 2.09. The molecule has 0 aliphatic heterocycles. The summed E-state index contributed by atoms with van der Waals surface area (Å²) in [7, 11) is 0. The quantitative estimate of drug-likeness (QED) is 0.297. The summed E-state index contributed by atoms with van der Waals surface area (Å²) in [5.41, 5.74) is 0. The van der Waals surface area contributed by atoms with E-state index in [9.17, 15) is 0 Å². The zero-order chi connectivity index (χ0) is 9.94. The molecule has 0 aliphatic carbocycles. The van der Waals surface area contributed by atoms with Crippen LogP contribution < -0.4 is 0 Å². The number of alkyl halides is 1. The van der Waals surface area contributed by atoms with Gasteiger partial charge in [-0.15, -0.1) is 0 Å². The molecule has 0 saturated carbocycles. The lowest BCUT2D eigenvalue weighted by molar-refractivity contribution is -0.0466. The number of hydrogen-bond donors (Lipinski definition) is 2. The van der Waals surface area contributed by atoms with Crippen molar-refractivity contribution in [2.24, 2.45) is 0 Å². The summed E-state index contributed by atoms with van der Waals surface area (Å²) in [5, 5.41) is 17.2. The van der Waals surface area contributed by atoms with Crippen molar-refractivity contribution >= 4 is 22.6 Å². The average molecular weight is 300 g/mol. The summed E-state index contributed by atoms with van der Waals surface area (Å²) in [5.74, 6) is 0. The Hall–Kier alpha value is 0.650. The van der Waals surface area contributed by atoms with Gasteiger partial charge in [-0.05, 0) is 23.7 Å². The highest BCUT2D eigenvalue weighted by Gasteiger charge is 1.96. The summed E-state index contributed by atoms with van der Waals surface area (Å²) in [6.45, 7) is 0. The van der Waals surface area contributed by atoms with E-state index >= 15 is 0 Å². The number of unbranched alkanes of at least 4 members (excludes halogenated alkanes) is 6. The number of hydrogen-bond acceptors (Lipinski definition) is 2. The zero-order valence-corrected chi connectivity index (χ0v) is 10.4. The minimum atomic E-state index is -1.10. The highest BCUT2D eigenvalue weighted by Crippen LogP contribution is 2.09. The molecule has 80 valence electrons. The van der Waals surface area contributed by atoms with Gasteiger partial charge in [-0.25, -0.2) is 0 Å². The first-order valence-corrected chi connectivity index (χ1v) is 6.72. The molecule has 0 spiro atoms. The normalized spacial score (nSPS) is 11.1. The maximum Gasteiger partial charge on any atom is 0.151 e. The molecule has 0 aliphatic rings. The summed E-state index contributed by atoms with van der Waals surface area (Å²) >= 11 is 2.41. The van der Waals surface area contributed by atoms with Gasteiger partial charge in [-0.3, -0.25) is 0 Å². The van der Waals surface area contributed by atoms with Crippen molar-refractivity contribution in [3.63, 3.8) is 0 Å². The lowest BCUT2D eigenvalue weighted by Gasteiger charge is -2.02. The molecule has 0 saturated heterocycles. The second-order valence-corrected chi connectivity index (χ2v) is 4.51. The van der Waals surface area contributed by atoms with Crippen LogP contribution in [0, 0.1) is 0 Å². The fourth-order valence-corrected chi connectivity index (χ4v) is 1.84. The van der Waals surface area contributed by atoms with Crippen LogP contribution >= 0.6 is 22.6 Å². The predicted molar refractivity (Wildman–Crippen MR) is 64.0 cm³/mol. The topological polar surface area (TPSA) is 40.5 Å². The second kappa shape index (κ2) is 10.7. The van der Waals surface area contributed by atoms with E-state index in [0.717, 1.165) is 12.8 Å². The number of halogens is 1. The van der Waals surface area contributed by atoms with E-state index in [1.54, 1.807) is 0 Å². The fraction of sp³-hybridized carbons (Fsp3) is 1.00. The Morgan fingerprint density at radius 1 is 0.769 bits per heavy atom. The predicted octanol–water partition coefficient (Wildman–Crippen LogP) is 2.85. The van der Waals surface area contributed by atoms with Gasteiger partial charge in [0.2, 0.25) is 0 Å². The van der Waals surface area contributed by atoms with Crippen LogP contribution in [0.5, 0.6) is 0 Å². The minimum Gasteiger partial charge on any atom is -0.368 e. The van der Waals surface area contributed by atoms with Crippen molar-refractivity contribution in [2.45, 2.75) is 57.7 Å². The van der Waals surface area contributed by atoms with Crippen LogP contribution in [0.3, 0.4) is 0 Å². The van der Waals surface area contributed by atoms with Gasteiger partial charge in [0.05, 0.1) is 0 Å². The van der Waals surface area contributed by atoms with Gasteiger partial charge >= 0.3 is 0 Å². The molecule has 13 heavy (non-hydrogen) atoms. The van der Waals surface area contributed by atoms with Crippen molar-refractivity contribution in [2.75, 3.05) is 4.43 Å². The SMILES string of the molecule is OC(O)CCCCCCCCCI. The van der Waals surface area contributed by atoms with E-state index in [4.69, 9.17) is 10.2 Å². The van der Waals surface area contributed by atoms with Gasteiger partial charge in [0, 0.05) is 0 Å².